The molecule has 3 rings (SSSR count). The lowest BCUT2D eigenvalue weighted by molar-refractivity contribution is -1.02. The highest BCUT2D eigenvalue weighted by Crippen LogP contribution is 2.21. The summed E-state index contributed by atoms with van der Waals surface area (Å²) in [6.45, 7) is 8.98. The van der Waals surface area contributed by atoms with Crippen LogP contribution in [0.4, 0.5) is 0 Å². The van der Waals surface area contributed by atoms with Crippen LogP contribution in [0.5, 0.6) is 0 Å². The molecule has 112 valence electrons. The van der Waals surface area contributed by atoms with Gasteiger partial charge in [-0.15, -0.1) is 0 Å². The van der Waals surface area contributed by atoms with Crippen molar-refractivity contribution in [3.8, 4) is 0 Å². The average molecular weight is 309 g/mol. The summed E-state index contributed by atoms with van der Waals surface area (Å²) in [7, 11) is 0. The summed E-state index contributed by atoms with van der Waals surface area (Å²) in [4.78, 5) is 14.9. The van der Waals surface area contributed by atoms with Crippen LogP contribution in [0.25, 0.3) is 11.0 Å². The van der Waals surface area contributed by atoms with Crippen molar-refractivity contribution in [1.29, 1.82) is 0 Å². The van der Waals surface area contributed by atoms with Gasteiger partial charge in [0.25, 0.3) is 0 Å². The van der Waals surface area contributed by atoms with Crippen LogP contribution in [-0.4, -0.2) is 32.7 Å². The monoisotopic (exact) mass is 308 g/mol. The quantitative estimate of drug-likeness (QED) is 0.768. The second-order valence-electron chi connectivity index (χ2n) is 5.76. The van der Waals surface area contributed by atoms with Gasteiger partial charge in [0, 0.05) is 22.0 Å². The van der Waals surface area contributed by atoms with E-state index < -0.39 is 0 Å². The minimum absolute atomic E-state index is 0.281. The normalized spacial score (nSPS) is 22.6. The summed E-state index contributed by atoms with van der Waals surface area (Å²) in [6.07, 6.45) is 0. The molecule has 0 spiro atoms. The van der Waals surface area contributed by atoms with Gasteiger partial charge in [0.05, 0.1) is 6.54 Å². The summed E-state index contributed by atoms with van der Waals surface area (Å²) in [5, 5.41) is 1.63. The van der Waals surface area contributed by atoms with E-state index in [2.05, 4.69) is 6.92 Å². The summed E-state index contributed by atoms with van der Waals surface area (Å²) in [6, 6.07) is 7.04. The van der Waals surface area contributed by atoms with Gasteiger partial charge >= 0.3 is 5.63 Å². The Bertz CT molecular complexity index is 690. The molecule has 1 aromatic heterocycles. The van der Waals surface area contributed by atoms with Crippen molar-refractivity contribution >= 4 is 22.6 Å². The maximum atomic E-state index is 11.7. The average Bonchev–Trinajstić information content (AvgIpc) is 2.49. The van der Waals surface area contributed by atoms with Gasteiger partial charge in [-0.1, -0.05) is 11.6 Å². The molecule has 1 fully saturated rings. The van der Waals surface area contributed by atoms with Gasteiger partial charge in [0.1, 0.15) is 38.3 Å². The highest BCUT2D eigenvalue weighted by molar-refractivity contribution is 6.31. The molecule has 0 saturated carbocycles. The Labute approximate surface area is 128 Å². The number of hydrogen-bond acceptors (Lipinski definition) is 2. The summed E-state index contributed by atoms with van der Waals surface area (Å²) in [5.41, 5.74) is 1.38. The Kier molecular flexibility index (Phi) is 4.29. The molecule has 0 unspecified atom stereocenters. The van der Waals surface area contributed by atoms with E-state index in [1.165, 1.54) is 24.5 Å². The number of benzene rings is 1. The van der Waals surface area contributed by atoms with Crippen LogP contribution < -0.4 is 15.4 Å². The standard InChI is InChI=1S/C16H19ClN2O2/c1-2-18-5-7-19(8-6-18)11-12-9-16(20)21-15-4-3-13(17)10-14(12)15/h3-4,9-10H,2,5-8,11H2,1H3/p+2. The molecule has 0 bridgehead atoms. The maximum absolute atomic E-state index is 11.7. The molecule has 1 saturated heterocycles. The third kappa shape index (κ3) is 3.28. The van der Waals surface area contributed by atoms with E-state index in [-0.39, 0.29) is 5.63 Å². The molecule has 2 aromatic rings. The fourth-order valence-electron chi connectivity index (χ4n) is 3.10. The molecule has 4 nitrogen and oxygen atoms in total. The van der Waals surface area contributed by atoms with Crippen LogP contribution >= 0.6 is 11.6 Å². The second-order valence-corrected chi connectivity index (χ2v) is 6.20. The first-order valence-corrected chi connectivity index (χ1v) is 7.93. The predicted molar refractivity (Wildman–Crippen MR) is 83.1 cm³/mol. The SMILES string of the molecule is CC[NH+]1CC[NH+](Cc2cc(=O)oc3ccc(Cl)cc23)CC1. The van der Waals surface area contributed by atoms with Crippen LogP contribution in [0.2, 0.25) is 5.02 Å². The summed E-state index contributed by atoms with van der Waals surface area (Å²) in [5.74, 6) is 0. The molecular weight excluding hydrogens is 288 g/mol. The van der Waals surface area contributed by atoms with Crippen molar-refractivity contribution in [3.63, 3.8) is 0 Å². The molecule has 0 atom stereocenters. The van der Waals surface area contributed by atoms with Gasteiger partial charge in [-0.3, -0.25) is 0 Å². The Hall–Kier alpha value is -1.36. The lowest BCUT2D eigenvalue weighted by Crippen LogP contribution is -3.27. The van der Waals surface area contributed by atoms with Crippen molar-refractivity contribution in [2.24, 2.45) is 0 Å². The van der Waals surface area contributed by atoms with E-state index in [0.29, 0.717) is 10.6 Å². The topological polar surface area (TPSA) is 39.1 Å². The second kappa shape index (κ2) is 6.18. The fraction of sp³-hybridized carbons (Fsp3) is 0.438. The van der Waals surface area contributed by atoms with Crippen molar-refractivity contribution in [2.45, 2.75) is 13.5 Å². The number of hydrogen-bond donors (Lipinski definition) is 2. The molecule has 0 amide bonds. The molecule has 1 aromatic carbocycles. The van der Waals surface area contributed by atoms with Crippen LogP contribution in [0.15, 0.2) is 33.5 Å². The Morgan fingerprint density at radius 1 is 1.14 bits per heavy atom. The Morgan fingerprint density at radius 2 is 1.86 bits per heavy atom. The van der Waals surface area contributed by atoms with E-state index in [1.807, 2.05) is 6.07 Å². The van der Waals surface area contributed by atoms with E-state index in [9.17, 15) is 4.79 Å². The third-order valence-electron chi connectivity index (χ3n) is 4.39. The van der Waals surface area contributed by atoms with Gasteiger partial charge in [0.2, 0.25) is 0 Å². The van der Waals surface area contributed by atoms with Gasteiger partial charge in [-0.2, -0.15) is 0 Å². The van der Waals surface area contributed by atoms with E-state index in [1.54, 1.807) is 23.1 Å². The number of halogens is 1. The molecule has 5 heteroatoms. The van der Waals surface area contributed by atoms with Crippen molar-refractivity contribution in [3.05, 3.63) is 45.3 Å². The van der Waals surface area contributed by atoms with Crippen molar-refractivity contribution in [2.75, 3.05) is 32.7 Å². The molecule has 1 aliphatic heterocycles. The minimum Gasteiger partial charge on any atom is -0.423 e. The van der Waals surface area contributed by atoms with Crippen molar-refractivity contribution in [1.82, 2.24) is 0 Å². The highest BCUT2D eigenvalue weighted by atomic mass is 35.5. The lowest BCUT2D eigenvalue weighted by Gasteiger charge is -2.29. The smallest absolute Gasteiger partial charge is 0.336 e. The molecular formula is C16H21ClN2O2+2. The van der Waals surface area contributed by atoms with Crippen LogP contribution in [-0.2, 0) is 6.54 Å². The number of piperazine rings is 1. The number of likely N-dealkylation sites (N-methyl/N-ethyl adjacent to an activating group) is 1. The predicted octanol–water partition coefficient (Wildman–Crippen LogP) is -0.250. The van der Waals surface area contributed by atoms with Crippen LogP contribution in [0, 0.1) is 0 Å². The lowest BCUT2D eigenvalue weighted by atomic mass is 10.1. The largest absolute Gasteiger partial charge is 0.423 e. The van der Waals surface area contributed by atoms with Crippen LogP contribution in [0.3, 0.4) is 0 Å². The first-order chi connectivity index (χ1) is 10.2. The van der Waals surface area contributed by atoms with E-state index in [4.69, 9.17) is 16.0 Å². The zero-order chi connectivity index (χ0) is 14.8. The maximum Gasteiger partial charge on any atom is 0.336 e. The zero-order valence-electron chi connectivity index (χ0n) is 12.2. The fourth-order valence-corrected chi connectivity index (χ4v) is 3.28. The Morgan fingerprint density at radius 3 is 2.57 bits per heavy atom. The first-order valence-electron chi connectivity index (χ1n) is 7.55. The van der Waals surface area contributed by atoms with Crippen LogP contribution in [0.1, 0.15) is 12.5 Å². The van der Waals surface area contributed by atoms with E-state index in [0.717, 1.165) is 30.6 Å². The van der Waals surface area contributed by atoms with E-state index >= 15 is 0 Å². The number of nitrogens with one attached hydrogen (secondary N) is 2. The Balaban J connectivity index is 1.86. The first kappa shape index (κ1) is 14.6. The molecule has 21 heavy (non-hydrogen) atoms. The number of fused-ring (bicyclic) bond motifs is 1. The molecule has 2 N–H and O–H groups in total. The summed E-state index contributed by atoms with van der Waals surface area (Å²) >= 11 is 6.08. The number of quaternary nitrogens is 2. The van der Waals surface area contributed by atoms with Crippen molar-refractivity contribution < 1.29 is 14.2 Å². The summed E-state index contributed by atoms with van der Waals surface area (Å²) < 4.78 is 5.25. The minimum atomic E-state index is -0.281. The molecule has 0 aliphatic carbocycles. The van der Waals surface area contributed by atoms with Gasteiger partial charge in [-0.25, -0.2) is 4.79 Å². The van der Waals surface area contributed by atoms with Gasteiger partial charge in [-0.05, 0) is 25.1 Å². The third-order valence-corrected chi connectivity index (χ3v) is 4.63. The molecule has 0 radical (unpaired) electrons. The van der Waals surface area contributed by atoms with Gasteiger partial charge < -0.3 is 14.2 Å². The zero-order valence-corrected chi connectivity index (χ0v) is 13.0. The molecule has 2 heterocycles. The molecule has 1 aliphatic rings. The van der Waals surface area contributed by atoms with Gasteiger partial charge in [0.15, 0.2) is 0 Å². The number of rotatable bonds is 3. The highest BCUT2D eigenvalue weighted by Gasteiger charge is 2.22.